The minimum Gasteiger partial charge on any atom is -0.434 e. The molecular weight excluding hydrogens is 224 g/mol. The van der Waals surface area contributed by atoms with Crippen molar-refractivity contribution in [3.05, 3.63) is 42.0 Å². The number of benzene rings is 1. The number of rotatable bonds is 7. The monoisotopic (exact) mass is 241 g/mol. The summed E-state index contributed by atoms with van der Waals surface area (Å²) in [6.45, 7) is 0.527. The van der Waals surface area contributed by atoms with Gasteiger partial charge >= 0.3 is 6.61 Å². The Bertz CT molecular complexity index is 353. The molecule has 0 amide bonds. The Morgan fingerprint density at radius 2 is 2.12 bits per heavy atom. The van der Waals surface area contributed by atoms with Crippen LogP contribution in [0.25, 0.3) is 0 Å². The zero-order chi connectivity index (χ0) is 12.5. The molecule has 4 heteroatoms. The zero-order valence-electron chi connectivity index (χ0n) is 9.83. The number of nitrogens with one attached hydrogen (secondary N) is 1. The molecule has 1 aromatic carbocycles. The Kier molecular flexibility index (Phi) is 6.25. The SMILES string of the molecule is C/C=C/CCNCc1ccccc1OC(F)F. The second kappa shape index (κ2) is 7.79. The Hall–Kier alpha value is -1.42. The van der Waals surface area contributed by atoms with Crippen molar-refractivity contribution in [3.63, 3.8) is 0 Å². The molecule has 0 radical (unpaired) electrons. The van der Waals surface area contributed by atoms with Gasteiger partial charge in [0.1, 0.15) is 5.75 Å². The van der Waals surface area contributed by atoms with Crippen LogP contribution in [0.5, 0.6) is 5.75 Å². The van der Waals surface area contributed by atoms with Gasteiger partial charge in [0.25, 0.3) is 0 Å². The van der Waals surface area contributed by atoms with E-state index < -0.39 is 6.61 Å². The van der Waals surface area contributed by atoms with Gasteiger partial charge < -0.3 is 10.1 Å². The second-order valence-corrected chi connectivity index (χ2v) is 3.52. The molecule has 0 aromatic heterocycles. The van der Waals surface area contributed by atoms with E-state index in [0.29, 0.717) is 6.54 Å². The standard InChI is InChI=1S/C13H17F2NO/c1-2-3-6-9-16-10-11-7-4-5-8-12(11)17-13(14)15/h2-5,7-8,13,16H,6,9-10H2,1H3/b3-2+. The highest BCUT2D eigenvalue weighted by Gasteiger charge is 2.08. The van der Waals surface area contributed by atoms with Crippen molar-refractivity contribution in [2.45, 2.75) is 26.5 Å². The average Bonchev–Trinajstić information content (AvgIpc) is 2.30. The number of hydrogen-bond acceptors (Lipinski definition) is 2. The van der Waals surface area contributed by atoms with Gasteiger partial charge in [-0.3, -0.25) is 0 Å². The van der Waals surface area contributed by atoms with E-state index in [2.05, 4.69) is 16.1 Å². The molecule has 1 rings (SSSR count). The first kappa shape index (κ1) is 13.6. The van der Waals surface area contributed by atoms with Crippen molar-refractivity contribution >= 4 is 0 Å². The molecule has 0 saturated heterocycles. The van der Waals surface area contributed by atoms with Crippen molar-refractivity contribution in [2.75, 3.05) is 6.54 Å². The minimum absolute atomic E-state index is 0.237. The molecule has 0 spiro atoms. The molecule has 0 aliphatic rings. The van der Waals surface area contributed by atoms with Gasteiger partial charge in [-0.1, -0.05) is 30.4 Å². The Labute approximate surface area is 100 Å². The molecular formula is C13H17F2NO. The summed E-state index contributed by atoms with van der Waals surface area (Å²) >= 11 is 0. The van der Waals surface area contributed by atoms with E-state index in [9.17, 15) is 8.78 Å². The highest BCUT2D eigenvalue weighted by atomic mass is 19.3. The quantitative estimate of drug-likeness (QED) is 0.584. The predicted octanol–water partition coefficient (Wildman–Crippen LogP) is 3.34. The van der Waals surface area contributed by atoms with Crippen LogP contribution in [-0.4, -0.2) is 13.2 Å². The Morgan fingerprint density at radius 1 is 1.35 bits per heavy atom. The van der Waals surface area contributed by atoms with Crippen LogP contribution < -0.4 is 10.1 Å². The van der Waals surface area contributed by atoms with Gasteiger partial charge in [-0.25, -0.2) is 0 Å². The van der Waals surface area contributed by atoms with Gasteiger partial charge in [0.15, 0.2) is 0 Å². The summed E-state index contributed by atoms with van der Waals surface area (Å²) in [4.78, 5) is 0. The Morgan fingerprint density at radius 3 is 2.82 bits per heavy atom. The zero-order valence-corrected chi connectivity index (χ0v) is 9.83. The van der Waals surface area contributed by atoms with Gasteiger partial charge in [-0.15, -0.1) is 0 Å². The summed E-state index contributed by atoms with van der Waals surface area (Å²) in [5, 5.41) is 3.17. The second-order valence-electron chi connectivity index (χ2n) is 3.52. The van der Waals surface area contributed by atoms with Gasteiger partial charge in [-0.2, -0.15) is 8.78 Å². The van der Waals surface area contributed by atoms with E-state index in [1.165, 1.54) is 0 Å². The van der Waals surface area contributed by atoms with Crippen LogP contribution in [0.15, 0.2) is 36.4 Å². The molecule has 94 valence electrons. The molecule has 0 aliphatic carbocycles. The molecule has 1 aromatic rings. The van der Waals surface area contributed by atoms with Crippen LogP contribution in [0.2, 0.25) is 0 Å². The Balaban J connectivity index is 2.46. The molecule has 1 N–H and O–H groups in total. The third-order valence-electron chi connectivity index (χ3n) is 2.23. The van der Waals surface area contributed by atoms with Crippen LogP contribution in [0, 0.1) is 0 Å². The molecule has 0 aliphatic heterocycles. The molecule has 0 heterocycles. The van der Waals surface area contributed by atoms with E-state index in [1.54, 1.807) is 24.3 Å². The predicted molar refractivity (Wildman–Crippen MR) is 64.2 cm³/mol. The first-order valence-corrected chi connectivity index (χ1v) is 5.58. The summed E-state index contributed by atoms with van der Waals surface area (Å²) < 4.78 is 28.7. The summed E-state index contributed by atoms with van der Waals surface area (Å²) in [5.74, 6) is 0.237. The molecule has 0 fully saturated rings. The van der Waals surface area contributed by atoms with Crippen molar-refractivity contribution < 1.29 is 13.5 Å². The minimum atomic E-state index is -2.78. The largest absolute Gasteiger partial charge is 0.434 e. The summed E-state index contributed by atoms with van der Waals surface area (Å²) in [6, 6.07) is 6.82. The van der Waals surface area contributed by atoms with Crippen LogP contribution in [0.4, 0.5) is 8.78 Å². The van der Waals surface area contributed by atoms with Crippen LogP contribution in [-0.2, 0) is 6.54 Å². The van der Waals surface area contributed by atoms with Crippen molar-refractivity contribution in [1.29, 1.82) is 0 Å². The third-order valence-corrected chi connectivity index (χ3v) is 2.23. The molecule has 0 unspecified atom stereocenters. The number of ether oxygens (including phenoxy) is 1. The molecule has 0 saturated carbocycles. The summed E-state index contributed by atoms with van der Waals surface area (Å²) in [5.41, 5.74) is 0.744. The van der Waals surface area contributed by atoms with Gasteiger partial charge in [0, 0.05) is 12.1 Å². The average molecular weight is 241 g/mol. The van der Waals surface area contributed by atoms with Gasteiger partial charge in [0.05, 0.1) is 0 Å². The van der Waals surface area contributed by atoms with Gasteiger partial charge in [-0.05, 0) is 26.0 Å². The fourth-order valence-corrected chi connectivity index (χ4v) is 1.44. The van der Waals surface area contributed by atoms with E-state index >= 15 is 0 Å². The maximum atomic E-state index is 12.1. The smallest absolute Gasteiger partial charge is 0.387 e. The first-order valence-electron chi connectivity index (χ1n) is 5.58. The lowest BCUT2D eigenvalue weighted by Crippen LogP contribution is -2.15. The third kappa shape index (κ3) is 5.45. The number of alkyl halides is 2. The van der Waals surface area contributed by atoms with E-state index in [1.807, 2.05) is 13.0 Å². The lowest BCUT2D eigenvalue weighted by atomic mass is 10.2. The molecule has 0 atom stereocenters. The van der Waals surface area contributed by atoms with Crippen LogP contribution in [0.3, 0.4) is 0 Å². The lowest BCUT2D eigenvalue weighted by molar-refractivity contribution is -0.0504. The number of halogens is 2. The fraction of sp³-hybridized carbons (Fsp3) is 0.385. The van der Waals surface area contributed by atoms with Crippen molar-refractivity contribution in [3.8, 4) is 5.75 Å². The maximum Gasteiger partial charge on any atom is 0.387 e. The highest BCUT2D eigenvalue weighted by molar-refractivity contribution is 5.33. The van der Waals surface area contributed by atoms with Crippen molar-refractivity contribution in [2.24, 2.45) is 0 Å². The van der Waals surface area contributed by atoms with Gasteiger partial charge in [0.2, 0.25) is 0 Å². The summed E-state index contributed by atoms with van der Waals surface area (Å²) in [7, 11) is 0. The number of hydrogen-bond donors (Lipinski definition) is 1. The van der Waals surface area contributed by atoms with E-state index in [4.69, 9.17) is 0 Å². The summed E-state index contributed by atoms with van der Waals surface area (Å²) in [6.07, 6.45) is 4.96. The topological polar surface area (TPSA) is 21.3 Å². The van der Waals surface area contributed by atoms with Crippen LogP contribution in [0.1, 0.15) is 18.9 Å². The van der Waals surface area contributed by atoms with Crippen LogP contribution >= 0.6 is 0 Å². The molecule has 0 bridgehead atoms. The normalized spacial score (nSPS) is 11.3. The molecule has 2 nitrogen and oxygen atoms in total. The fourth-order valence-electron chi connectivity index (χ4n) is 1.44. The number of allylic oxidation sites excluding steroid dienone is 1. The first-order chi connectivity index (χ1) is 8.24. The number of para-hydroxylation sites is 1. The maximum absolute atomic E-state index is 12.1. The highest BCUT2D eigenvalue weighted by Crippen LogP contribution is 2.19. The molecule has 17 heavy (non-hydrogen) atoms. The lowest BCUT2D eigenvalue weighted by Gasteiger charge is -2.10. The van der Waals surface area contributed by atoms with E-state index in [0.717, 1.165) is 18.5 Å². The van der Waals surface area contributed by atoms with E-state index in [-0.39, 0.29) is 5.75 Å². The van der Waals surface area contributed by atoms with Crippen molar-refractivity contribution in [1.82, 2.24) is 5.32 Å².